The van der Waals surface area contributed by atoms with E-state index in [2.05, 4.69) is 106 Å². The molecule has 16 nitrogen and oxygen atoms in total. The number of phenolic OH excluding ortho intramolecular Hbond substituents is 2. The average molecular weight is 1230 g/mol. The molecule has 4 aromatic carbocycles. The number of fused-ring (bicyclic) bond motifs is 2. The number of hydrogen-bond acceptors (Lipinski definition) is 10. The third-order valence-electron chi connectivity index (χ3n) is 11.8. The Balaban J connectivity index is 0.000000376. The van der Waals surface area contributed by atoms with Gasteiger partial charge in [-0.2, -0.15) is 52.7 Å². The van der Waals surface area contributed by atoms with Crippen LogP contribution >= 0.6 is 0 Å². The molecule has 0 aliphatic heterocycles. The van der Waals surface area contributed by atoms with Crippen LogP contribution in [0.15, 0.2) is 98.1 Å². The number of aromatic nitrogens is 4. The van der Waals surface area contributed by atoms with Gasteiger partial charge in [0.15, 0.2) is 40.1 Å². The first-order valence-electron chi connectivity index (χ1n) is 24.3. The Morgan fingerprint density at radius 2 is 0.738 bits per heavy atom. The van der Waals surface area contributed by atoms with Crippen LogP contribution in [-0.2, 0) is 66.3 Å². The average Bonchev–Trinajstić information content (AvgIpc) is 4.00. The molecule has 0 radical (unpaired) electrons. The minimum atomic E-state index is -6.72. The fourth-order valence-electron chi connectivity index (χ4n) is 7.84. The molecule has 32 heteroatoms. The van der Waals surface area contributed by atoms with Crippen molar-refractivity contribution in [2.24, 2.45) is 0 Å². The van der Waals surface area contributed by atoms with Gasteiger partial charge in [-0.1, -0.05) is 114 Å². The molecule has 2 N–H and O–H groups in total. The van der Waals surface area contributed by atoms with E-state index in [0.29, 0.717) is 24.2 Å². The van der Waals surface area contributed by atoms with Crippen molar-refractivity contribution >= 4 is 61.6 Å². The molecule has 2 heterocycles. The number of imidazole rings is 2. The molecule has 0 saturated heterocycles. The number of unbranched alkanes of at least 4 members (excludes halogenated alkanes) is 10. The molecule has 0 bridgehead atoms. The maximum absolute atomic E-state index is 12.1. The summed E-state index contributed by atoms with van der Waals surface area (Å²) in [6, 6.07) is 20.6. The maximum atomic E-state index is 12.1. The molecular weight excluding hydrogens is 1180 g/mol. The summed E-state index contributed by atoms with van der Waals surface area (Å²) in [5.74, 6) is 0.436. The van der Waals surface area contributed by atoms with Crippen molar-refractivity contribution in [1.29, 1.82) is 0 Å². The minimum Gasteiger partial charge on any atom is -0.507 e. The molecule has 6 aromatic rings. The number of phenols is 2. The lowest BCUT2D eigenvalue weighted by molar-refractivity contribution is -0.688. The lowest BCUT2D eigenvalue weighted by atomic mass is 9.88. The number of sulfonamides is 4. The molecule has 0 amide bonds. The van der Waals surface area contributed by atoms with Crippen LogP contribution in [0.5, 0.6) is 11.5 Å². The highest BCUT2D eigenvalue weighted by molar-refractivity contribution is 8.13. The smallest absolute Gasteiger partial charge is 0.480 e. The Kier molecular flexibility index (Phi) is 22.9. The maximum Gasteiger partial charge on any atom is 0.480 e. The topological polar surface area (TPSA) is 223 Å². The summed E-state index contributed by atoms with van der Waals surface area (Å²) in [4.78, 5) is 0. The van der Waals surface area contributed by atoms with E-state index in [1.165, 1.54) is 77.0 Å². The largest absolute Gasteiger partial charge is 0.507 e. The van der Waals surface area contributed by atoms with Crippen molar-refractivity contribution in [1.82, 2.24) is 9.13 Å². The summed E-state index contributed by atoms with van der Waals surface area (Å²) in [6.45, 7) is 7.59. The highest BCUT2D eigenvalue weighted by Crippen LogP contribution is 2.48. The number of hydrogen-bond donors (Lipinski definition) is 2. The summed E-state index contributed by atoms with van der Waals surface area (Å²) in [5, 5.41) is 28.2. The molecule has 0 spiro atoms. The molecular formula is C48H56F12N6O10S4. The summed E-state index contributed by atoms with van der Waals surface area (Å²) < 4.78 is 227. The Bertz CT molecular complexity index is 3180. The second kappa shape index (κ2) is 27.4. The van der Waals surface area contributed by atoms with Crippen molar-refractivity contribution in [3.8, 4) is 22.6 Å². The quantitative estimate of drug-likeness (QED) is 0.0351. The van der Waals surface area contributed by atoms with Gasteiger partial charge >= 0.3 is 22.0 Å². The summed E-state index contributed by atoms with van der Waals surface area (Å²) >= 11 is 0. The molecule has 0 fully saturated rings. The monoisotopic (exact) mass is 1230 g/mol. The highest BCUT2D eigenvalue weighted by atomic mass is 32.3. The molecule has 80 heavy (non-hydrogen) atoms. The highest BCUT2D eigenvalue weighted by Gasteiger charge is 2.48. The van der Waals surface area contributed by atoms with Gasteiger partial charge in [0.25, 0.3) is 0 Å². The van der Waals surface area contributed by atoms with Crippen molar-refractivity contribution in [2.45, 2.75) is 139 Å². The second-order valence-corrected chi connectivity index (χ2v) is 24.8. The fraction of sp³-hybridized carbons (Fsp3) is 0.458. The summed E-state index contributed by atoms with van der Waals surface area (Å²) in [7, 11) is -26.9. The van der Waals surface area contributed by atoms with Crippen LogP contribution in [0.4, 0.5) is 52.7 Å². The zero-order chi connectivity index (χ0) is 60.1. The molecule has 0 unspecified atom stereocenters. The number of alkyl halides is 12. The first kappa shape index (κ1) is 66.8. The predicted molar refractivity (Wildman–Crippen MR) is 271 cm³/mol. The van der Waals surface area contributed by atoms with Gasteiger partial charge in [-0.3, -0.25) is 0 Å². The summed E-state index contributed by atoms with van der Waals surface area (Å²) in [6.07, 6.45) is 28.0. The SMILES string of the molecule is CCCCCCCCn1cc[n+](Cc2cc3ccccc3c(-c3c(O)c(C[n+]4ccn(CCCCCCCC)c4)cc4ccccc34)c2O)c1.O=S(=O)([N-]S(=O)(=O)C(F)(F)F)C(F)(F)F.O=S(=O)([N-]S(=O)(=O)C(F)(F)F)C(F)(F)F. The first-order chi connectivity index (χ1) is 37.0. The number of benzene rings is 4. The van der Waals surface area contributed by atoms with E-state index in [4.69, 9.17) is 0 Å². The Labute approximate surface area is 453 Å². The van der Waals surface area contributed by atoms with Crippen LogP contribution in [0, 0.1) is 0 Å². The number of aromatic hydroxyl groups is 2. The number of rotatable bonds is 23. The van der Waals surface area contributed by atoms with Crippen molar-refractivity contribution in [3.63, 3.8) is 0 Å². The van der Waals surface area contributed by atoms with E-state index in [-0.39, 0.29) is 11.5 Å². The summed E-state index contributed by atoms with van der Waals surface area (Å²) in [5.41, 5.74) is -21.8. The van der Waals surface area contributed by atoms with Crippen LogP contribution in [0.2, 0.25) is 0 Å². The number of halogens is 12. The van der Waals surface area contributed by atoms with Gasteiger partial charge in [-0.25, -0.2) is 51.9 Å². The van der Waals surface area contributed by atoms with E-state index in [1.54, 1.807) is 0 Å². The first-order valence-corrected chi connectivity index (χ1v) is 30.0. The normalized spacial score (nSPS) is 13.0. The van der Waals surface area contributed by atoms with Crippen LogP contribution in [0.3, 0.4) is 0 Å². The molecule has 0 saturated carbocycles. The van der Waals surface area contributed by atoms with Gasteiger partial charge in [0, 0.05) is 22.3 Å². The van der Waals surface area contributed by atoms with Gasteiger partial charge < -0.3 is 18.5 Å². The van der Waals surface area contributed by atoms with Crippen LogP contribution in [-0.4, -0.2) is 75.1 Å². The van der Waals surface area contributed by atoms with Gasteiger partial charge in [0.2, 0.25) is 12.7 Å². The van der Waals surface area contributed by atoms with Crippen LogP contribution < -0.4 is 9.13 Å². The third-order valence-corrected chi connectivity index (χ3v) is 17.2. The lowest BCUT2D eigenvalue weighted by Gasteiger charge is -2.22. The van der Waals surface area contributed by atoms with Crippen molar-refractivity contribution in [3.05, 3.63) is 117 Å². The zero-order valence-electron chi connectivity index (χ0n) is 42.6. The third kappa shape index (κ3) is 18.2. The van der Waals surface area contributed by atoms with Crippen molar-refractivity contribution < 1.29 is 106 Å². The Morgan fingerprint density at radius 3 is 1.04 bits per heavy atom. The molecule has 0 atom stereocenters. The van der Waals surface area contributed by atoms with Gasteiger partial charge in [-0.05, 0) is 59.4 Å². The standard InChI is InChI=1S/C44H54N4O2.2C2F6NO4S2/c1-3-5-7-9-11-17-23-45-25-27-47(33-45)31-37-29-35-19-13-15-21-39(35)41(43(37)49)42-40-22-16-14-20-36(40)30-38(44(42)50)32-48-28-26-46(34-48)24-18-12-10-8-6-4-2;2*3-1(4,5)14(10,11)9-15(12,13)2(6,7)8/h13-16,19-22,25-30,33-34H,3-12,17-18,23-24,31-32H2,1-2H3;;/q;2*-1/p+2. The second-order valence-electron chi connectivity index (χ2n) is 18.0. The van der Waals surface area contributed by atoms with E-state index in [9.17, 15) is 96.6 Å². The molecule has 446 valence electrons. The molecule has 0 aliphatic rings. The fourth-order valence-corrected chi connectivity index (χ4v) is 11.3. The number of nitrogens with zero attached hydrogens (tertiary/aromatic N) is 6. The van der Waals surface area contributed by atoms with Gasteiger partial charge in [-0.15, -0.1) is 0 Å². The van der Waals surface area contributed by atoms with Crippen LogP contribution in [0.25, 0.3) is 40.9 Å². The minimum absolute atomic E-state index is 0.218. The van der Waals surface area contributed by atoms with E-state index in [1.807, 2.05) is 24.3 Å². The zero-order valence-corrected chi connectivity index (χ0v) is 45.8. The molecule has 2 aromatic heterocycles. The number of aryl methyl sites for hydroxylation is 2. The Morgan fingerprint density at radius 1 is 0.450 bits per heavy atom. The van der Waals surface area contributed by atoms with Gasteiger partial charge in [0.1, 0.15) is 49.4 Å². The van der Waals surface area contributed by atoms with Crippen LogP contribution in [0.1, 0.15) is 102 Å². The van der Waals surface area contributed by atoms with Crippen molar-refractivity contribution in [2.75, 3.05) is 0 Å². The van der Waals surface area contributed by atoms with Gasteiger partial charge in [0.05, 0.1) is 13.1 Å². The van der Waals surface area contributed by atoms with E-state index < -0.39 is 62.1 Å². The molecule has 0 aliphatic carbocycles. The predicted octanol–water partition coefficient (Wildman–Crippen LogP) is 12.2. The van der Waals surface area contributed by atoms with E-state index in [0.717, 1.165) is 54.0 Å². The lowest BCUT2D eigenvalue weighted by Crippen LogP contribution is -2.31. The van der Waals surface area contributed by atoms with E-state index >= 15 is 0 Å². The Hall–Kier alpha value is -5.70. The molecule has 6 rings (SSSR count).